The van der Waals surface area contributed by atoms with Gasteiger partial charge in [0.15, 0.2) is 5.82 Å². The number of carbonyl (C=O) groups excluding carboxylic acids is 1. The molecule has 4 heterocycles. The van der Waals surface area contributed by atoms with Gasteiger partial charge in [0.05, 0.1) is 0 Å². The number of aryl methyl sites for hydroxylation is 1. The molecule has 9 nitrogen and oxygen atoms in total. The third-order valence-corrected chi connectivity index (χ3v) is 7.17. The number of hydrogen-bond acceptors (Lipinski definition) is 7. The number of likely N-dealkylation sites (tertiary alicyclic amines) is 1. The van der Waals surface area contributed by atoms with E-state index in [2.05, 4.69) is 32.4 Å². The molecular weight excluding hydrogens is 476 g/mol. The zero-order valence-electron chi connectivity index (χ0n) is 20.9. The molecule has 0 bridgehead atoms. The maximum Gasteiger partial charge on any atom is 0.253 e. The lowest BCUT2D eigenvalue weighted by atomic mass is 9.94. The van der Waals surface area contributed by atoms with Crippen LogP contribution in [0.1, 0.15) is 34.7 Å². The highest BCUT2D eigenvalue weighted by Crippen LogP contribution is 2.25. The normalized spacial score (nSPS) is 18.9. The number of likely N-dealkylation sites (N-methyl/N-ethyl adjacent to an activating group) is 1. The largest absolute Gasteiger partial charge is 0.354 e. The van der Waals surface area contributed by atoms with Crippen molar-refractivity contribution in [2.24, 2.45) is 5.92 Å². The molecule has 0 radical (unpaired) electrons. The van der Waals surface area contributed by atoms with Crippen molar-refractivity contribution in [1.29, 1.82) is 0 Å². The maximum absolute atomic E-state index is 13.1. The summed E-state index contributed by atoms with van der Waals surface area (Å²) in [4.78, 5) is 29.5. The summed E-state index contributed by atoms with van der Waals surface area (Å²) >= 11 is 6.00. The van der Waals surface area contributed by atoms with Crippen LogP contribution in [0.4, 0.5) is 17.5 Å². The Morgan fingerprint density at radius 1 is 1.08 bits per heavy atom. The van der Waals surface area contributed by atoms with E-state index in [0.717, 1.165) is 81.0 Å². The molecule has 5 rings (SSSR count). The topological polar surface area (TPSA) is 93.3 Å². The zero-order valence-corrected chi connectivity index (χ0v) is 21.6. The molecule has 2 N–H and O–H groups in total. The van der Waals surface area contributed by atoms with Crippen LogP contribution in [0.3, 0.4) is 0 Å². The number of benzene rings is 1. The average molecular weight is 509 g/mol. The lowest BCUT2D eigenvalue weighted by Crippen LogP contribution is -2.45. The van der Waals surface area contributed by atoms with Gasteiger partial charge in [-0.1, -0.05) is 11.6 Å². The number of piperidine rings is 1. The van der Waals surface area contributed by atoms with Gasteiger partial charge in [-0.05, 0) is 57.0 Å². The highest BCUT2D eigenvalue weighted by molar-refractivity contribution is 6.30. The number of aromatic nitrogens is 4. The molecule has 2 aromatic heterocycles. The second-order valence-corrected chi connectivity index (χ2v) is 10.3. The minimum Gasteiger partial charge on any atom is -0.354 e. The summed E-state index contributed by atoms with van der Waals surface area (Å²) in [6.07, 6.45) is 2.74. The minimum absolute atomic E-state index is 0.0553. The number of hydrogen-bond donors (Lipinski definition) is 2. The number of nitrogens with one attached hydrogen (secondary N) is 2. The molecule has 1 atom stereocenters. The van der Waals surface area contributed by atoms with Crippen LogP contribution < -0.4 is 10.2 Å². The van der Waals surface area contributed by atoms with Gasteiger partial charge in [-0.3, -0.25) is 9.89 Å². The van der Waals surface area contributed by atoms with Gasteiger partial charge >= 0.3 is 0 Å². The van der Waals surface area contributed by atoms with Crippen LogP contribution in [0.25, 0.3) is 0 Å². The molecule has 0 saturated carbocycles. The summed E-state index contributed by atoms with van der Waals surface area (Å²) in [6, 6.07) is 11.1. The van der Waals surface area contributed by atoms with Crippen molar-refractivity contribution in [3.05, 3.63) is 58.5 Å². The summed E-state index contributed by atoms with van der Waals surface area (Å²) in [5.41, 5.74) is 1.66. The van der Waals surface area contributed by atoms with E-state index in [4.69, 9.17) is 21.6 Å². The first-order valence-corrected chi connectivity index (χ1v) is 13.0. The SMILES string of the molecule is Cc1cc(Nc2cc(N3CCN(C)CC3)nc(CC3CCCN(C(=O)c4ccc(Cl)cc4)C3)n2)n[nH]1. The van der Waals surface area contributed by atoms with Crippen LogP contribution in [0.15, 0.2) is 36.4 Å². The maximum atomic E-state index is 13.1. The lowest BCUT2D eigenvalue weighted by molar-refractivity contribution is 0.0672. The minimum atomic E-state index is 0.0553. The molecule has 0 spiro atoms. The molecule has 0 aliphatic carbocycles. The summed E-state index contributed by atoms with van der Waals surface area (Å²) in [5, 5.41) is 11.2. The number of piperazine rings is 1. The quantitative estimate of drug-likeness (QED) is 0.523. The Bertz CT molecular complexity index is 1190. The van der Waals surface area contributed by atoms with Crippen LogP contribution >= 0.6 is 11.6 Å². The number of amides is 1. The molecule has 2 saturated heterocycles. The summed E-state index contributed by atoms with van der Waals surface area (Å²) in [6.45, 7) is 7.31. The van der Waals surface area contributed by atoms with Crippen LogP contribution in [0, 0.1) is 12.8 Å². The van der Waals surface area contributed by atoms with E-state index in [-0.39, 0.29) is 5.91 Å². The Balaban J connectivity index is 1.33. The monoisotopic (exact) mass is 508 g/mol. The highest BCUT2D eigenvalue weighted by Gasteiger charge is 2.26. The standard InChI is InChI=1S/C26H33ClN8O/c1-18-14-24(32-31-18)29-23-16-25(34-12-10-33(2)11-13-34)30-22(28-23)15-19-4-3-9-35(17-19)26(36)20-5-7-21(27)8-6-20/h5-8,14,16,19H,3-4,9-13,15,17H2,1-2H3,(H2,28,29,30,31,32). The molecule has 2 aliphatic heterocycles. The summed E-state index contributed by atoms with van der Waals surface area (Å²) < 4.78 is 0. The van der Waals surface area contributed by atoms with Crippen molar-refractivity contribution in [2.75, 3.05) is 56.5 Å². The van der Waals surface area contributed by atoms with Gasteiger partial charge < -0.3 is 20.0 Å². The van der Waals surface area contributed by atoms with Gasteiger partial charge in [-0.2, -0.15) is 5.10 Å². The Morgan fingerprint density at radius 2 is 1.86 bits per heavy atom. The molecule has 190 valence electrons. The fourth-order valence-corrected chi connectivity index (χ4v) is 5.02. The number of aromatic amines is 1. The van der Waals surface area contributed by atoms with Crippen molar-refractivity contribution in [3.8, 4) is 0 Å². The second-order valence-electron chi connectivity index (χ2n) is 9.85. The lowest BCUT2D eigenvalue weighted by Gasteiger charge is -2.34. The fraction of sp³-hybridized carbons (Fsp3) is 0.462. The van der Waals surface area contributed by atoms with E-state index in [0.29, 0.717) is 23.0 Å². The molecule has 1 unspecified atom stereocenters. The van der Waals surface area contributed by atoms with E-state index in [9.17, 15) is 4.79 Å². The first-order valence-electron chi connectivity index (χ1n) is 12.6. The van der Waals surface area contributed by atoms with Crippen molar-refractivity contribution in [3.63, 3.8) is 0 Å². The van der Waals surface area contributed by atoms with Crippen molar-refractivity contribution in [1.82, 2.24) is 30.0 Å². The molecule has 2 fully saturated rings. The average Bonchev–Trinajstić information content (AvgIpc) is 3.29. The van der Waals surface area contributed by atoms with Crippen LogP contribution in [0.2, 0.25) is 5.02 Å². The molecule has 1 amide bonds. The Kier molecular flexibility index (Phi) is 7.38. The predicted octanol–water partition coefficient (Wildman–Crippen LogP) is 3.75. The number of carbonyl (C=O) groups is 1. The Hall–Kier alpha value is -3.17. The van der Waals surface area contributed by atoms with Gasteiger partial charge in [0.2, 0.25) is 0 Å². The summed E-state index contributed by atoms with van der Waals surface area (Å²) in [5.74, 6) is 3.57. The second kappa shape index (κ2) is 10.8. The number of H-pyrrole nitrogens is 1. The summed E-state index contributed by atoms with van der Waals surface area (Å²) in [7, 11) is 2.15. The zero-order chi connectivity index (χ0) is 25.1. The predicted molar refractivity (Wildman–Crippen MR) is 142 cm³/mol. The van der Waals surface area contributed by atoms with Gasteiger partial charge in [0.1, 0.15) is 17.5 Å². The van der Waals surface area contributed by atoms with Crippen molar-refractivity contribution >= 4 is 35.0 Å². The molecule has 1 aromatic carbocycles. The van der Waals surface area contributed by atoms with E-state index >= 15 is 0 Å². The molecule has 10 heteroatoms. The molecule has 36 heavy (non-hydrogen) atoms. The third kappa shape index (κ3) is 5.96. The smallest absolute Gasteiger partial charge is 0.253 e. The van der Waals surface area contributed by atoms with Gasteiger partial charge in [-0.15, -0.1) is 0 Å². The molecule has 3 aromatic rings. The van der Waals surface area contributed by atoms with Crippen LogP contribution in [-0.4, -0.2) is 82.2 Å². The first kappa shape index (κ1) is 24.5. The number of nitrogens with zero attached hydrogens (tertiary/aromatic N) is 6. The highest BCUT2D eigenvalue weighted by atomic mass is 35.5. The van der Waals surface area contributed by atoms with Gasteiger partial charge in [0.25, 0.3) is 5.91 Å². The van der Waals surface area contributed by atoms with Gasteiger partial charge in [0, 0.05) is 74.1 Å². The molecular formula is C26H33ClN8O. The van der Waals surface area contributed by atoms with Crippen LogP contribution in [0.5, 0.6) is 0 Å². The Morgan fingerprint density at radius 3 is 2.58 bits per heavy atom. The third-order valence-electron chi connectivity index (χ3n) is 6.92. The van der Waals surface area contributed by atoms with Crippen molar-refractivity contribution < 1.29 is 4.79 Å². The van der Waals surface area contributed by atoms with E-state index < -0.39 is 0 Å². The van der Waals surface area contributed by atoms with E-state index in [1.54, 1.807) is 24.3 Å². The molecule has 2 aliphatic rings. The van der Waals surface area contributed by atoms with E-state index in [1.165, 1.54) is 0 Å². The Labute approximate surface area is 216 Å². The fourth-order valence-electron chi connectivity index (χ4n) is 4.90. The van der Waals surface area contributed by atoms with Crippen molar-refractivity contribution in [2.45, 2.75) is 26.2 Å². The number of halogens is 1. The van der Waals surface area contributed by atoms with Crippen LogP contribution in [-0.2, 0) is 6.42 Å². The van der Waals surface area contributed by atoms with E-state index in [1.807, 2.05) is 24.0 Å². The van der Waals surface area contributed by atoms with Gasteiger partial charge in [-0.25, -0.2) is 9.97 Å². The number of rotatable bonds is 6. The first-order chi connectivity index (χ1) is 17.4. The number of anilines is 3.